The lowest BCUT2D eigenvalue weighted by Crippen LogP contribution is -2.20. The summed E-state index contributed by atoms with van der Waals surface area (Å²) in [5, 5.41) is 3.68. The second-order valence-electron chi connectivity index (χ2n) is 4.90. The average Bonchev–Trinajstić information content (AvgIpc) is 2.87. The molecule has 0 radical (unpaired) electrons. The molecule has 2 N–H and O–H groups in total. The Hall–Kier alpha value is -1.03. The summed E-state index contributed by atoms with van der Waals surface area (Å²) in [5.74, 6) is 2.27. The van der Waals surface area contributed by atoms with Crippen LogP contribution in [0.2, 0.25) is 0 Å². The summed E-state index contributed by atoms with van der Waals surface area (Å²) in [6.45, 7) is 1.93. The molecule has 0 aliphatic heterocycles. The maximum absolute atomic E-state index is 5.50. The quantitative estimate of drug-likeness (QED) is 0.832. The maximum Gasteiger partial charge on any atom is 0.167 e. The zero-order valence-electron chi connectivity index (χ0n) is 9.98. The molecule has 1 aromatic rings. The van der Waals surface area contributed by atoms with Crippen molar-refractivity contribution >= 4 is 5.82 Å². The molecule has 1 heterocycles. The van der Waals surface area contributed by atoms with E-state index in [0.717, 1.165) is 24.8 Å². The topological polar surface area (TPSA) is 55.3 Å². The van der Waals surface area contributed by atoms with Crippen LogP contribution in [0, 0.1) is 5.92 Å². The molecule has 16 heavy (non-hydrogen) atoms. The normalized spacial score (nSPS) is 17.4. The van der Waals surface area contributed by atoms with Crippen LogP contribution in [0.5, 0.6) is 0 Å². The minimum absolute atomic E-state index is 0.471. The molecule has 0 saturated heterocycles. The lowest BCUT2D eigenvalue weighted by molar-refractivity contribution is 0.255. The summed E-state index contributed by atoms with van der Waals surface area (Å²) >= 11 is 0. The fourth-order valence-corrected chi connectivity index (χ4v) is 2.45. The van der Waals surface area contributed by atoms with Crippen LogP contribution in [0.3, 0.4) is 0 Å². The molecule has 0 spiro atoms. The highest BCUT2D eigenvalue weighted by Crippen LogP contribution is 2.27. The molecule has 0 aromatic carbocycles. The second-order valence-corrected chi connectivity index (χ2v) is 4.90. The molecule has 1 aromatic heterocycles. The van der Waals surface area contributed by atoms with E-state index < -0.39 is 0 Å². The summed E-state index contributed by atoms with van der Waals surface area (Å²) in [7, 11) is 2.12. The molecule has 0 bridgehead atoms. The van der Waals surface area contributed by atoms with E-state index in [9.17, 15) is 0 Å². The van der Waals surface area contributed by atoms with E-state index in [2.05, 4.69) is 17.1 Å². The van der Waals surface area contributed by atoms with Gasteiger partial charge in [0.15, 0.2) is 11.6 Å². The largest absolute Gasteiger partial charge is 0.381 e. The molecule has 1 fully saturated rings. The summed E-state index contributed by atoms with van der Waals surface area (Å²) < 4.78 is 5.09. The van der Waals surface area contributed by atoms with Crippen LogP contribution in [0.15, 0.2) is 10.6 Å². The molecular weight excluding hydrogens is 202 g/mol. The predicted octanol–water partition coefficient (Wildman–Crippen LogP) is 2.27. The van der Waals surface area contributed by atoms with E-state index in [-0.39, 0.29) is 0 Å². The Labute approximate surface area is 96.8 Å². The Morgan fingerprint density at radius 1 is 1.50 bits per heavy atom. The van der Waals surface area contributed by atoms with Crippen LogP contribution in [0.1, 0.15) is 37.9 Å². The molecule has 0 atom stereocenters. The number of nitrogens with two attached hydrogens (primary N) is 1. The van der Waals surface area contributed by atoms with Crippen LogP contribution in [0.4, 0.5) is 5.82 Å². The summed E-state index contributed by atoms with van der Waals surface area (Å²) in [6, 6.07) is 1.80. The van der Waals surface area contributed by atoms with Gasteiger partial charge in [0.25, 0.3) is 0 Å². The Kier molecular flexibility index (Phi) is 3.83. The van der Waals surface area contributed by atoms with Gasteiger partial charge in [0.1, 0.15) is 0 Å². The molecule has 1 aliphatic rings. The summed E-state index contributed by atoms with van der Waals surface area (Å²) in [6.07, 6.45) is 6.99. The Morgan fingerprint density at radius 2 is 2.25 bits per heavy atom. The van der Waals surface area contributed by atoms with Crippen molar-refractivity contribution in [1.82, 2.24) is 10.1 Å². The highest BCUT2D eigenvalue weighted by Gasteiger charge is 2.15. The van der Waals surface area contributed by atoms with Crippen molar-refractivity contribution < 1.29 is 4.52 Å². The molecule has 1 aliphatic carbocycles. The van der Waals surface area contributed by atoms with Gasteiger partial charge in [-0.1, -0.05) is 30.8 Å². The SMILES string of the molecule is CN(CCC1CCCC1)Cc1cc(N)no1. The van der Waals surface area contributed by atoms with Crippen molar-refractivity contribution in [3.8, 4) is 0 Å². The van der Waals surface area contributed by atoms with Crippen LogP contribution in [-0.2, 0) is 6.54 Å². The van der Waals surface area contributed by atoms with E-state index in [1.54, 1.807) is 6.07 Å². The number of nitrogen functional groups attached to an aromatic ring is 1. The van der Waals surface area contributed by atoms with Crippen molar-refractivity contribution in [3.63, 3.8) is 0 Å². The van der Waals surface area contributed by atoms with Crippen molar-refractivity contribution in [3.05, 3.63) is 11.8 Å². The van der Waals surface area contributed by atoms with Gasteiger partial charge >= 0.3 is 0 Å². The number of anilines is 1. The van der Waals surface area contributed by atoms with Gasteiger partial charge in [-0.25, -0.2) is 0 Å². The lowest BCUT2D eigenvalue weighted by Gasteiger charge is -2.17. The Bertz CT molecular complexity index is 318. The van der Waals surface area contributed by atoms with Gasteiger partial charge < -0.3 is 10.3 Å². The van der Waals surface area contributed by atoms with Gasteiger partial charge in [0.2, 0.25) is 0 Å². The molecular formula is C12H21N3O. The van der Waals surface area contributed by atoms with E-state index >= 15 is 0 Å². The molecule has 0 unspecified atom stereocenters. The molecule has 90 valence electrons. The minimum Gasteiger partial charge on any atom is -0.381 e. The fourth-order valence-electron chi connectivity index (χ4n) is 2.45. The first kappa shape index (κ1) is 11.5. The lowest BCUT2D eigenvalue weighted by atomic mass is 10.0. The number of rotatable bonds is 5. The van der Waals surface area contributed by atoms with Crippen molar-refractivity contribution in [2.45, 2.75) is 38.6 Å². The number of aromatic nitrogens is 1. The van der Waals surface area contributed by atoms with Gasteiger partial charge in [-0.3, -0.25) is 4.90 Å². The summed E-state index contributed by atoms with van der Waals surface area (Å²) in [5.41, 5.74) is 5.50. The fraction of sp³-hybridized carbons (Fsp3) is 0.750. The van der Waals surface area contributed by atoms with E-state index in [0.29, 0.717) is 5.82 Å². The first-order valence-electron chi connectivity index (χ1n) is 6.13. The van der Waals surface area contributed by atoms with E-state index in [1.807, 2.05) is 0 Å². The second kappa shape index (κ2) is 5.34. The molecule has 1 saturated carbocycles. The van der Waals surface area contributed by atoms with Gasteiger partial charge in [0.05, 0.1) is 6.54 Å². The first-order valence-corrected chi connectivity index (χ1v) is 6.13. The zero-order valence-corrected chi connectivity index (χ0v) is 9.98. The smallest absolute Gasteiger partial charge is 0.167 e. The third kappa shape index (κ3) is 3.23. The van der Waals surface area contributed by atoms with Gasteiger partial charge in [-0.2, -0.15) is 0 Å². The van der Waals surface area contributed by atoms with Crippen LogP contribution in [-0.4, -0.2) is 23.6 Å². The number of hydrogen-bond donors (Lipinski definition) is 1. The maximum atomic E-state index is 5.50. The monoisotopic (exact) mass is 223 g/mol. The van der Waals surface area contributed by atoms with Crippen LogP contribution >= 0.6 is 0 Å². The van der Waals surface area contributed by atoms with Gasteiger partial charge in [-0.15, -0.1) is 0 Å². The molecule has 4 nitrogen and oxygen atoms in total. The first-order chi connectivity index (χ1) is 7.74. The Morgan fingerprint density at radius 3 is 2.88 bits per heavy atom. The van der Waals surface area contributed by atoms with Crippen LogP contribution < -0.4 is 5.73 Å². The minimum atomic E-state index is 0.471. The number of hydrogen-bond acceptors (Lipinski definition) is 4. The van der Waals surface area contributed by atoms with E-state index in [4.69, 9.17) is 10.3 Å². The van der Waals surface area contributed by atoms with Crippen molar-refractivity contribution in [1.29, 1.82) is 0 Å². The van der Waals surface area contributed by atoms with E-state index in [1.165, 1.54) is 32.1 Å². The van der Waals surface area contributed by atoms with Crippen LogP contribution in [0.25, 0.3) is 0 Å². The van der Waals surface area contributed by atoms with Crippen molar-refractivity contribution in [2.24, 2.45) is 5.92 Å². The standard InChI is InChI=1S/C12H21N3O/c1-15(7-6-10-4-2-3-5-10)9-11-8-12(13)14-16-11/h8,10H,2-7,9H2,1H3,(H2,13,14). The van der Waals surface area contributed by atoms with Gasteiger partial charge in [-0.05, 0) is 25.9 Å². The molecule has 0 amide bonds. The number of nitrogens with zero attached hydrogens (tertiary/aromatic N) is 2. The molecule has 2 rings (SSSR count). The third-order valence-corrected chi connectivity index (χ3v) is 3.40. The predicted molar refractivity (Wildman–Crippen MR) is 63.8 cm³/mol. The van der Waals surface area contributed by atoms with Gasteiger partial charge in [0, 0.05) is 6.07 Å². The average molecular weight is 223 g/mol. The highest BCUT2D eigenvalue weighted by molar-refractivity contribution is 5.26. The summed E-state index contributed by atoms with van der Waals surface area (Å²) in [4.78, 5) is 2.28. The highest BCUT2D eigenvalue weighted by atomic mass is 16.5. The zero-order chi connectivity index (χ0) is 11.4. The Balaban J connectivity index is 1.69. The third-order valence-electron chi connectivity index (χ3n) is 3.40. The van der Waals surface area contributed by atoms with Crippen molar-refractivity contribution in [2.75, 3.05) is 19.3 Å². The molecule has 4 heteroatoms.